The van der Waals surface area contributed by atoms with Gasteiger partial charge in [0.1, 0.15) is 9.84 Å². The van der Waals surface area contributed by atoms with Crippen LogP contribution in [-0.2, 0) is 15.2 Å². The fourth-order valence-corrected chi connectivity index (χ4v) is 2.88. The summed E-state index contributed by atoms with van der Waals surface area (Å²) in [5.74, 6) is 1.67. The van der Waals surface area contributed by atoms with E-state index in [0.29, 0.717) is 29.9 Å². The van der Waals surface area contributed by atoms with Crippen LogP contribution in [-0.4, -0.2) is 33.6 Å². The fraction of sp³-hybridized carbons (Fsp3) is 0.538. The first-order valence-electron chi connectivity index (χ1n) is 6.09. The Morgan fingerprint density at radius 2 is 2.05 bits per heavy atom. The van der Waals surface area contributed by atoms with Crippen LogP contribution in [0.3, 0.4) is 0 Å². The minimum absolute atomic E-state index is 0.155. The van der Waals surface area contributed by atoms with E-state index in [-0.39, 0.29) is 11.5 Å². The van der Waals surface area contributed by atoms with E-state index in [9.17, 15) is 8.42 Å². The zero-order valence-electron chi connectivity index (χ0n) is 11.2. The van der Waals surface area contributed by atoms with E-state index in [1.165, 1.54) is 0 Å². The van der Waals surface area contributed by atoms with Crippen LogP contribution in [0.1, 0.15) is 18.9 Å². The molecule has 0 bridgehead atoms. The van der Waals surface area contributed by atoms with Gasteiger partial charge in [0.2, 0.25) is 0 Å². The van der Waals surface area contributed by atoms with Gasteiger partial charge >= 0.3 is 0 Å². The van der Waals surface area contributed by atoms with Gasteiger partial charge in [-0.3, -0.25) is 0 Å². The van der Waals surface area contributed by atoms with Crippen molar-refractivity contribution in [3.8, 4) is 11.5 Å². The third-order valence-corrected chi connectivity index (χ3v) is 5.10. The second kappa shape index (κ2) is 7.75. The Bertz CT molecular complexity index is 477. The van der Waals surface area contributed by atoms with E-state index in [2.05, 4.69) is 15.9 Å². The van der Waals surface area contributed by atoms with Crippen molar-refractivity contribution in [2.45, 2.75) is 18.7 Å². The largest absolute Gasteiger partial charge is 0.493 e. The lowest BCUT2D eigenvalue weighted by Gasteiger charge is -2.13. The number of methoxy groups -OCH3 is 1. The minimum atomic E-state index is -2.93. The number of para-hydroxylation sites is 1. The molecule has 0 fully saturated rings. The smallest absolute Gasteiger partial charge is 0.165 e. The molecule has 4 nitrogen and oxygen atoms in total. The SMILES string of the molecule is CCS(=O)(=O)CCCOc1c(CBr)cccc1OC. The van der Waals surface area contributed by atoms with Gasteiger partial charge in [0.15, 0.2) is 11.5 Å². The summed E-state index contributed by atoms with van der Waals surface area (Å²) < 4.78 is 33.7. The Morgan fingerprint density at radius 1 is 1.32 bits per heavy atom. The first-order chi connectivity index (χ1) is 9.04. The molecule has 0 saturated heterocycles. The second-order valence-corrected chi connectivity index (χ2v) is 7.05. The van der Waals surface area contributed by atoms with Crippen LogP contribution in [0.4, 0.5) is 0 Å². The first kappa shape index (κ1) is 16.3. The summed E-state index contributed by atoms with van der Waals surface area (Å²) in [6.45, 7) is 2.01. The van der Waals surface area contributed by atoms with Crippen LogP contribution in [0.5, 0.6) is 11.5 Å². The molecule has 0 aromatic heterocycles. The standard InChI is InChI=1S/C13H19BrO4S/c1-3-19(15,16)9-5-8-18-13-11(10-14)6-4-7-12(13)17-2/h4,6-7H,3,5,8-10H2,1-2H3. The molecule has 0 N–H and O–H groups in total. The number of ether oxygens (including phenoxy) is 2. The predicted octanol–water partition coefficient (Wildman–Crippen LogP) is 2.79. The molecule has 0 atom stereocenters. The van der Waals surface area contributed by atoms with Crippen LogP contribution in [0.2, 0.25) is 0 Å². The maximum atomic E-state index is 11.4. The lowest BCUT2D eigenvalue weighted by atomic mass is 10.2. The number of rotatable bonds is 8. The monoisotopic (exact) mass is 350 g/mol. The van der Waals surface area contributed by atoms with Crippen molar-refractivity contribution in [1.82, 2.24) is 0 Å². The number of sulfone groups is 1. The van der Waals surface area contributed by atoms with Crippen molar-refractivity contribution in [2.75, 3.05) is 25.2 Å². The lowest BCUT2D eigenvalue weighted by molar-refractivity contribution is 0.292. The Balaban J connectivity index is 2.62. The summed E-state index contributed by atoms with van der Waals surface area (Å²) in [6.07, 6.45) is 0.482. The van der Waals surface area contributed by atoms with Gasteiger partial charge < -0.3 is 9.47 Å². The highest BCUT2D eigenvalue weighted by molar-refractivity contribution is 9.08. The number of halogens is 1. The van der Waals surface area contributed by atoms with E-state index in [1.807, 2.05) is 18.2 Å². The van der Waals surface area contributed by atoms with Crippen molar-refractivity contribution in [1.29, 1.82) is 0 Å². The van der Waals surface area contributed by atoms with Gasteiger partial charge in [0, 0.05) is 16.6 Å². The molecule has 0 spiro atoms. The third kappa shape index (κ3) is 5.03. The van der Waals surface area contributed by atoms with Gasteiger partial charge in [-0.15, -0.1) is 0 Å². The number of hydrogen-bond acceptors (Lipinski definition) is 4. The fourth-order valence-electron chi connectivity index (χ4n) is 1.59. The van der Waals surface area contributed by atoms with Crippen LogP contribution in [0.15, 0.2) is 18.2 Å². The summed E-state index contributed by atoms with van der Waals surface area (Å²) in [6, 6.07) is 5.66. The molecule has 19 heavy (non-hydrogen) atoms. The van der Waals surface area contributed by atoms with Gasteiger partial charge in [-0.05, 0) is 12.5 Å². The van der Waals surface area contributed by atoms with Gasteiger partial charge in [-0.25, -0.2) is 8.42 Å². The third-order valence-electron chi connectivity index (χ3n) is 2.71. The van der Waals surface area contributed by atoms with Gasteiger partial charge in [0.05, 0.1) is 19.5 Å². The summed E-state index contributed by atoms with van der Waals surface area (Å²) in [5.41, 5.74) is 0.984. The molecule has 6 heteroatoms. The molecule has 0 saturated carbocycles. The van der Waals surface area contributed by atoms with E-state index in [1.54, 1.807) is 14.0 Å². The maximum Gasteiger partial charge on any atom is 0.165 e. The summed E-state index contributed by atoms with van der Waals surface area (Å²) in [7, 11) is -1.34. The van der Waals surface area contributed by atoms with E-state index in [0.717, 1.165) is 5.56 Å². The molecule has 0 amide bonds. The zero-order valence-corrected chi connectivity index (χ0v) is 13.6. The topological polar surface area (TPSA) is 52.6 Å². The highest BCUT2D eigenvalue weighted by Gasteiger charge is 2.11. The van der Waals surface area contributed by atoms with Crippen molar-refractivity contribution < 1.29 is 17.9 Å². The average Bonchev–Trinajstić information content (AvgIpc) is 2.43. The Morgan fingerprint density at radius 3 is 2.63 bits per heavy atom. The molecule has 0 radical (unpaired) electrons. The number of benzene rings is 1. The summed E-state index contributed by atoms with van der Waals surface area (Å²) in [4.78, 5) is 0. The Labute approximate surface area is 123 Å². The molecule has 1 rings (SSSR count). The maximum absolute atomic E-state index is 11.4. The zero-order chi connectivity index (χ0) is 14.3. The average molecular weight is 351 g/mol. The second-order valence-electron chi connectivity index (χ2n) is 4.02. The van der Waals surface area contributed by atoms with Crippen molar-refractivity contribution in [2.24, 2.45) is 0 Å². The molecule has 0 aliphatic carbocycles. The Hall–Kier alpha value is -0.750. The lowest BCUT2D eigenvalue weighted by Crippen LogP contribution is -2.12. The first-order valence-corrected chi connectivity index (χ1v) is 9.03. The molecular weight excluding hydrogens is 332 g/mol. The van der Waals surface area contributed by atoms with E-state index >= 15 is 0 Å². The molecule has 0 heterocycles. The quantitative estimate of drug-likeness (QED) is 0.534. The normalized spacial score (nSPS) is 11.3. The molecule has 0 aliphatic heterocycles. The molecule has 1 aromatic carbocycles. The highest BCUT2D eigenvalue weighted by Crippen LogP contribution is 2.32. The molecule has 108 valence electrons. The predicted molar refractivity (Wildman–Crippen MR) is 80.1 cm³/mol. The van der Waals surface area contributed by atoms with Gasteiger partial charge in [0.25, 0.3) is 0 Å². The number of hydrogen-bond donors (Lipinski definition) is 0. The van der Waals surface area contributed by atoms with Crippen LogP contribution < -0.4 is 9.47 Å². The molecule has 0 unspecified atom stereocenters. The number of alkyl halides is 1. The highest BCUT2D eigenvalue weighted by atomic mass is 79.9. The van der Waals surface area contributed by atoms with Gasteiger partial charge in [-0.1, -0.05) is 35.0 Å². The minimum Gasteiger partial charge on any atom is -0.493 e. The molecule has 0 aliphatic rings. The molecule has 1 aromatic rings. The van der Waals surface area contributed by atoms with Crippen LogP contribution in [0, 0.1) is 0 Å². The van der Waals surface area contributed by atoms with Crippen molar-refractivity contribution in [3.63, 3.8) is 0 Å². The summed E-state index contributed by atoms with van der Waals surface area (Å²) in [5, 5.41) is 0.660. The van der Waals surface area contributed by atoms with E-state index in [4.69, 9.17) is 9.47 Å². The van der Waals surface area contributed by atoms with Crippen LogP contribution >= 0.6 is 15.9 Å². The molecular formula is C13H19BrO4S. The van der Waals surface area contributed by atoms with Crippen molar-refractivity contribution in [3.05, 3.63) is 23.8 Å². The van der Waals surface area contributed by atoms with Crippen LogP contribution in [0.25, 0.3) is 0 Å². The van der Waals surface area contributed by atoms with Gasteiger partial charge in [-0.2, -0.15) is 0 Å². The Kier molecular flexibility index (Phi) is 6.65. The van der Waals surface area contributed by atoms with Crippen molar-refractivity contribution >= 4 is 25.8 Å². The summed E-state index contributed by atoms with van der Waals surface area (Å²) >= 11 is 3.39. The van der Waals surface area contributed by atoms with E-state index < -0.39 is 9.84 Å².